The molecule has 1 aromatic heterocycles. The molecule has 1 aromatic rings. The molecular formula is C11H16ClN3O2S. The van der Waals surface area contributed by atoms with Gasteiger partial charge in [-0.3, -0.25) is 4.79 Å². The average molecular weight is 290 g/mol. The summed E-state index contributed by atoms with van der Waals surface area (Å²) in [5.41, 5.74) is 0. The molecule has 18 heavy (non-hydrogen) atoms. The average Bonchev–Trinajstić information content (AvgIpc) is 2.81. The molecular weight excluding hydrogens is 274 g/mol. The Morgan fingerprint density at radius 1 is 1.56 bits per heavy atom. The standard InChI is InChI=1S/C11H16ClN3O2S/c12-9-7-14-10(18-9)8-13-2-1-11(16)15-3-5-17-6-4-15/h7,13H,1-6,8H2. The largest absolute Gasteiger partial charge is 0.378 e. The van der Waals surface area contributed by atoms with E-state index in [1.54, 1.807) is 6.20 Å². The Hall–Kier alpha value is -0.690. The second-order valence-electron chi connectivity index (χ2n) is 3.98. The first-order valence-corrected chi connectivity index (χ1v) is 7.11. The minimum absolute atomic E-state index is 0.183. The number of aromatic nitrogens is 1. The molecule has 0 aromatic carbocycles. The van der Waals surface area contributed by atoms with Crippen LogP contribution in [0.25, 0.3) is 0 Å². The van der Waals surface area contributed by atoms with E-state index in [0.717, 1.165) is 5.01 Å². The smallest absolute Gasteiger partial charge is 0.224 e. The summed E-state index contributed by atoms with van der Waals surface area (Å²) in [7, 11) is 0. The van der Waals surface area contributed by atoms with Gasteiger partial charge in [-0.25, -0.2) is 4.98 Å². The summed E-state index contributed by atoms with van der Waals surface area (Å²) >= 11 is 7.24. The SMILES string of the molecule is O=C(CCNCc1ncc(Cl)s1)N1CCOCC1. The van der Waals surface area contributed by atoms with Crippen molar-refractivity contribution < 1.29 is 9.53 Å². The molecule has 0 atom stereocenters. The van der Waals surface area contributed by atoms with Crippen molar-refractivity contribution in [2.45, 2.75) is 13.0 Å². The van der Waals surface area contributed by atoms with Gasteiger partial charge in [-0.1, -0.05) is 11.6 Å². The number of ether oxygens (including phenoxy) is 1. The van der Waals surface area contributed by atoms with E-state index in [2.05, 4.69) is 10.3 Å². The monoisotopic (exact) mass is 289 g/mol. The van der Waals surface area contributed by atoms with Crippen molar-refractivity contribution >= 4 is 28.8 Å². The molecule has 0 saturated carbocycles. The first kappa shape index (κ1) is 13.7. The Balaban J connectivity index is 1.61. The quantitative estimate of drug-likeness (QED) is 0.826. The highest BCUT2D eigenvalue weighted by Gasteiger charge is 2.15. The maximum absolute atomic E-state index is 11.8. The number of hydrogen-bond acceptors (Lipinski definition) is 5. The van der Waals surface area contributed by atoms with Gasteiger partial charge in [-0.15, -0.1) is 11.3 Å². The topological polar surface area (TPSA) is 54.5 Å². The van der Waals surface area contributed by atoms with E-state index in [-0.39, 0.29) is 5.91 Å². The Labute approximate surface area is 115 Å². The Kier molecular flexibility index (Phi) is 5.37. The number of nitrogens with one attached hydrogen (secondary N) is 1. The second-order valence-corrected chi connectivity index (χ2v) is 5.72. The van der Waals surface area contributed by atoms with Crippen LogP contribution in [0.15, 0.2) is 6.20 Å². The lowest BCUT2D eigenvalue weighted by molar-refractivity contribution is -0.135. The van der Waals surface area contributed by atoms with Crippen LogP contribution in [0.1, 0.15) is 11.4 Å². The molecule has 7 heteroatoms. The van der Waals surface area contributed by atoms with Gasteiger partial charge >= 0.3 is 0 Å². The first-order chi connectivity index (χ1) is 8.75. The van der Waals surface area contributed by atoms with Crippen LogP contribution in [0.2, 0.25) is 4.34 Å². The van der Waals surface area contributed by atoms with Crippen molar-refractivity contribution in [1.29, 1.82) is 0 Å². The van der Waals surface area contributed by atoms with Crippen LogP contribution in [0, 0.1) is 0 Å². The second kappa shape index (κ2) is 7.04. The van der Waals surface area contributed by atoms with Crippen LogP contribution in [0.3, 0.4) is 0 Å². The summed E-state index contributed by atoms with van der Waals surface area (Å²) in [6.45, 7) is 4.04. The van der Waals surface area contributed by atoms with Crippen molar-refractivity contribution in [1.82, 2.24) is 15.2 Å². The van der Waals surface area contributed by atoms with Crippen LogP contribution >= 0.6 is 22.9 Å². The van der Waals surface area contributed by atoms with E-state index >= 15 is 0 Å². The van der Waals surface area contributed by atoms with Gasteiger partial charge in [-0.2, -0.15) is 0 Å². The van der Waals surface area contributed by atoms with Gasteiger partial charge in [0.1, 0.15) is 9.34 Å². The van der Waals surface area contributed by atoms with Crippen molar-refractivity contribution in [2.75, 3.05) is 32.8 Å². The van der Waals surface area contributed by atoms with Gasteiger partial charge in [-0.05, 0) is 0 Å². The van der Waals surface area contributed by atoms with Gasteiger partial charge in [0.2, 0.25) is 5.91 Å². The molecule has 0 spiro atoms. The van der Waals surface area contributed by atoms with Crippen LogP contribution in [0.5, 0.6) is 0 Å². The maximum Gasteiger partial charge on any atom is 0.224 e. The highest BCUT2D eigenvalue weighted by atomic mass is 35.5. The number of carbonyl (C=O) groups is 1. The minimum Gasteiger partial charge on any atom is -0.378 e. The summed E-state index contributed by atoms with van der Waals surface area (Å²) < 4.78 is 5.90. The summed E-state index contributed by atoms with van der Waals surface area (Å²) in [5.74, 6) is 0.183. The third-order valence-corrected chi connectivity index (χ3v) is 3.80. The number of rotatable bonds is 5. The zero-order valence-corrected chi connectivity index (χ0v) is 11.6. The number of amides is 1. The van der Waals surface area contributed by atoms with E-state index in [0.29, 0.717) is 50.1 Å². The molecule has 1 N–H and O–H groups in total. The van der Waals surface area contributed by atoms with Crippen molar-refractivity contribution in [3.8, 4) is 0 Å². The Morgan fingerprint density at radius 3 is 3.00 bits per heavy atom. The Morgan fingerprint density at radius 2 is 2.33 bits per heavy atom. The summed E-state index contributed by atoms with van der Waals surface area (Å²) in [6.07, 6.45) is 2.15. The first-order valence-electron chi connectivity index (χ1n) is 5.92. The van der Waals surface area contributed by atoms with Crippen molar-refractivity contribution in [2.24, 2.45) is 0 Å². The van der Waals surface area contributed by atoms with Crippen LogP contribution in [0.4, 0.5) is 0 Å². The summed E-state index contributed by atoms with van der Waals surface area (Å²) in [5, 5.41) is 4.14. The molecule has 2 rings (SSSR count). The van der Waals surface area contributed by atoms with E-state index in [9.17, 15) is 4.79 Å². The zero-order chi connectivity index (χ0) is 12.8. The van der Waals surface area contributed by atoms with E-state index in [4.69, 9.17) is 16.3 Å². The molecule has 1 aliphatic rings. The highest BCUT2D eigenvalue weighted by molar-refractivity contribution is 7.15. The van der Waals surface area contributed by atoms with Gasteiger partial charge in [0.15, 0.2) is 0 Å². The highest BCUT2D eigenvalue weighted by Crippen LogP contribution is 2.17. The number of nitrogens with zero attached hydrogens (tertiary/aromatic N) is 2. The molecule has 1 fully saturated rings. The lowest BCUT2D eigenvalue weighted by Crippen LogP contribution is -2.41. The Bertz CT molecular complexity index is 393. The predicted molar refractivity (Wildman–Crippen MR) is 70.8 cm³/mol. The fourth-order valence-corrected chi connectivity index (χ4v) is 2.66. The number of halogens is 1. The number of hydrogen-bond donors (Lipinski definition) is 1. The molecule has 1 saturated heterocycles. The van der Waals surface area contributed by atoms with Gasteiger partial charge in [0, 0.05) is 32.6 Å². The fourth-order valence-electron chi connectivity index (χ4n) is 1.73. The molecule has 1 amide bonds. The molecule has 0 unspecified atom stereocenters. The molecule has 0 aliphatic carbocycles. The van der Waals surface area contributed by atoms with Gasteiger partial charge < -0.3 is 15.0 Å². The third-order valence-electron chi connectivity index (χ3n) is 2.68. The van der Waals surface area contributed by atoms with Crippen molar-refractivity contribution in [3.63, 3.8) is 0 Å². The molecule has 2 heterocycles. The van der Waals surface area contributed by atoms with Gasteiger partial charge in [0.25, 0.3) is 0 Å². The lowest BCUT2D eigenvalue weighted by atomic mass is 10.3. The third kappa shape index (κ3) is 4.20. The van der Waals surface area contributed by atoms with Gasteiger partial charge in [0.05, 0.1) is 19.4 Å². The molecule has 0 bridgehead atoms. The fraction of sp³-hybridized carbons (Fsp3) is 0.636. The molecule has 100 valence electrons. The van der Waals surface area contributed by atoms with E-state index in [1.807, 2.05) is 4.90 Å². The summed E-state index contributed by atoms with van der Waals surface area (Å²) in [6, 6.07) is 0. The number of carbonyl (C=O) groups excluding carboxylic acids is 1. The molecule has 0 radical (unpaired) electrons. The normalized spacial score (nSPS) is 15.9. The van der Waals surface area contributed by atoms with Crippen LogP contribution in [-0.4, -0.2) is 48.6 Å². The maximum atomic E-state index is 11.8. The predicted octanol–water partition coefficient (Wildman–Crippen LogP) is 1.13. The van der Waals surface area contributed by atoms with E-state index < -0.39 is 0 Å². The number of thiazole rings is 1. The number of morpholine rings is 1. The van der Waals surface area contributed by atoms with Crippen molar-refractivity contribution in [3.05, 3.63) is 15.5 Å². The molecule has 1 aliphatic heterocycles. The van der Waals surface area contributed by atoms with E-state index in [1.165, 1.54) is 11.3 Å². The zero-order valence-electron chi connectivity index (χ0n) is 10.0. The van der Waals surface area contributed by atoms with Crippen LogP contribution < -0.4 is 5.32 Å². The lowest BCUT2D eigenvalue weighted by Gasteiger charge is -2.26. The molecule has 5 nitrogen and oxygen atoms in total. The summed E-state index contributed by atoms with van der Waals surface area (Å²) in [4.78, 5) is 17.8. The van der Waals surface area contributed by atoms with Crippen LogP contribution in [-0.2, 0) is 16.1 Å². The minimum atomic E-state index is 0.183.